The summed E-state index contributed by atoms with van der Waals surface area (Å²) >= 11 is 0. The Hall–Kier alpha value is -1.82. The van der Waals surface area contributed by atoms with Crippen LogP contribution in [0, 0.1) is 5.82 Å². The van der Waals surface area contributed by atoms with Crippen molar-refractivity contribution in [1.82, 2.24) is 9.80 Å². The third-order valence-electron chi connectivity index (χ3n) is 3.30. The van der Waals surface area contributed by atoms with E-state index in [9.17, 15) is 9.18 Å². The van der Waals surface area contributed by atoms with E-state index < -0.39 is 5.82 Å². The minimum atomic E-state index is -0.453. The molecule has 1 atom stereocenters. The van der Waals surface area contributed by atoms with Gasteiger partial charge >= 0.3 is 6.03 Å². The Kier molecular flexibility index (Phi) is 3.90. The molecule has 1 N–H and O–H groups in total. The molecule has 5 nitrogen and oxygen atoms in total. The smallest absolute Gasteiger partial charge is 0.320 e. The van der Waals surface area contributed by atoms with E-state index in [1.165, 1.54) is 13.2 Å². The molecule has 0 saturated carbocycles. The molecule has 0 aliphatic carbocycles. The summed E-state index contributed by atoms with van der Waals surface area (Å²) in [4.78, 5) is 15.0. The lowest BCUT2D eigenvalue weighted by molar-refractivity contribution is 0.171. The van der Waals surface area contributed by atoms with Crippen LogP contribution in [0.3, 0.4) is 0 Å². The molecule has 2 rings (SSSR count). The number of carbonyl (C=O) groups is 1. The van der Waals surface area contributed by atoms with Crippen LogP contribution in [-0.2, 0) is 0 Å². The second-order valence-corrected chi connectivity index (χ2v) is 4.49. The average Bonchev–Trinajstić information content (AvgIpc) is 2.67. The molecule has 0 bridgehead atoms. The second kappa shape index (κ2) is 5.44. The zero-order valence-electron chi connectivity index (χ0n) is 11.0. The fourth-order valence-electron chi connectivity index (χ4n) is 2.32. The molecule has 104 valence electrons. The molecule has 1 aromatic rings. The summed E-state index contributed by atoms with van der Waals surface area (Å²) in [5.41, 5.74) is 0.699. The van der Waals surface area contributed by atoms with Crippen molar-refractivity contribution in [3.63, 3.8) is 0 Å². The molecule has 1 heterocycles. The van der Waals surface area contributed by atoms with Crippen molar-refractivity contribution in [2.75, 3.05) is 33.9 Å². The molecule has 2 amide bonds. The van der Waals surface area contributed by atoms with Gasteiger partial charge in [0.05, 0.1) is 19.8 Å². The Labute approximate surface area is 111 Å². The van der Waals surface area contributed by atoms with Crippen molar-refractivity contribution < 1.29 is 19.0 Å². The number of urea groups is 1. The van der Waals surface area contributed by atoms with Gasteiger partial charge < -0.3 is 19.6 Å². The lowest BCUT2D eigenvalue weighted by atomic mass is 10.1. The van der Waals surface area contributed by atoms with E-state index >= 15 is 0 Å². The molecule has 1 saturated heterocycles. The molecule has 1 aliphatic heterocycles. The van der Waals surface area contributed by atoms with Crippen molar-refractivity contribution in [1.29, 1.82) is 0 Å². The Bertz CT molecular complexity index is 481. The van der Waals surface area contributed by atoms with Crippen LogP contribution in [0.4, 0.5) is 9.18 Å². The van der Waals surface area contributed by atoms with Gasteiger partial charge in [0.15, 0.2) is 11.6 Å². The highest BCUT2D eigenvalue weighted by atomic mass is 19.1. The summed E-state index contributed by atoms with van der Waals surface area (Å²) in [6.45, 7) is 0.598. The standard InChI is InChI=1S/C13H17FN2O3/c1-15-8-11(16(5-6-17)13(15)18)9-3-4-12(19-2)10(14)7-9/h3-4,7,11,17H,5-6,8H2,1-2H3. The third kappa shape index (κ3) is 2.49. The largest absolute Gasteiger partial charge is 0.494 e. The van der Waals surface area contributed by atoms with Gasteiger partial charge in [-0.25, -0.2) is 9.18 Å². The fraction of sp³-hybridized carbons (Fsp3) is 0.462. The third-order valence-corrected chi connectivity index (χ3v) is 3.30. The maximum absolute atomic E-state index is 13.7. The van der Waals surface area contributed by atoms with Crippen LogP contribution in [0.15, 0.2) is 18.2 Å². The Morgan fingerprint density at radius 3 is 2.84 bits per heavy atom. The van der Waals surface area contributed by atoms with Crippen LogP contribution >= 0.6 is 0 Å². The molecule has 1 aromatic carbocycles. The minimum Gasteiger partial charge on any atom is -0.494 e. The molecule has 0 radical (unpaired) electrons. The molecular formula is C13H17FN2O3. The second-order valence-electron chi connectivity index (χ2n) is 4.49. The van der Waals surface area contributed by atoms with E-state index in [1.54, 1.807) is 29.0 Å². The van der Waals surface area contributed by atoms with Gasteiger partial charge in [0.2, 0.25) is 0 Å². The highest BCUT2D eigenvalue weighted by Crippen LogP contribution is 2.30. The number of amides is 2. The number of ether oxygens (including phenoxy) is 1. The number of nitrogens with zero attached hydrogens (tertiary/aromatic N) is 2. The number of benzene rings is 1. The number of carbonyl (C=O) groups excluding carboxylic acids is 1. The van der Waals surface area contributed by atoms with Gasteiger partial charge in [-0.3, -0.25) is 0 Å². The number of aliphatic hydroxyl groups is 1. The van der Waals surface area contributed by atoms with E-state index in [0.717, 1.165) is 0 Å². The van der Waals surface area contributed by atoms with Crippen LogP contribution in [0.5, 0.6) is 5.75 Å². The number of halogens is 1. The van der Waals surface area contributed by atoms with Crippen molar-refractivity contribution in [3.05, 3.63) is 29.6 Å². The van der Waals surface area contributed by atoms with Crippen LogP contribution in [-0.4, -0.2) is 54.8 Å². The lowest BCUT2D eigenvalue weighted by Crippen LogP contribution is -2.33. The van der Waals surface area contributed by atoms with Gasteiger partial charge in [0.1, 0.15) is 0 Å². The highest BCUT2D eigenvalue weighted by molar-refractivity contribution is 5.77. The predicted octanol–water partition coefficient (Wildman–Crippen LogP) is 1.24. The van der Waals surface area contributed by atoms with E-state index in [2.05, 4.69) is 0 Å². The van der Waals surface area contributed by atoms with Gasteiger partial charge in [-0.1, -0.05) is 6.07 Å². The fourth-order valence-corrected chi connectivity index (χ4v) is 2.32. The number of β-amino-alcohol motifs (C(OH)–C–C–N with tert-alkyl or cyclic N) is 1. The number of likely N-dealkylation sites (N-methyl/N-ethyl adjacent to an activating group) is 1. The first-order valence-electron chi connectivity index (χ1n) is 6.04. The molecule has 0 spiro atoms. The van der Waals surface area contributed by atoms with E-state index in [-0.39, 0.29) is 31.0 Å². The number of aliphatic hydroxyl groups excluding tert-OH is 1. The van der Waals surface area contributed by atoms with Crippen molar-refractivity contribution in [2.24, 2.45) is 0 Å². The van der Waals surface area contributed by atoms with Gasteiger partial charge in [-0.15, -0.1) is 0 Å². The summed E-state index contributed by atoms with van der Waals surface area (Å²) in [5.74, 6) is -0.277. The Morgan fingerprint density at radius 1 is 1.53 bits per heavy atom. The number of methoxy groups -OCH3 is 1. The van der Waals surface area contributed by atoms with Gasteiger partial charge in [0.25, 0.3) is 0 Å². The van der Waals surface area contributed by atoms with Crippen LogP contribution in [0.25, 0.3) is 0 Å². The van der Waals surface area contributed by atoms with Crippen LogP contribution < -0.4 is 4.74 Å². The zero-order valence-corrected chi connectivity index (χ0v) is 11.0. The van der Waals surface area contributed by atoms with Gasteiger partial charge in [-0.05, 0) is 17.7 Å². The van der Waals surface area contributed by atoms with Crippen molar-refractivity contribution in [3.8, 4) is 5.75 Å². The molecule has 6 heteroatoms. The average molecular weight is 268 g/mol. The van der Waals surface area contributed by atoms with Crippen molar-refractivity contribution in [2.45, 2.75) is 6.04 Å². The first-order chi connectivity index (χ1) is 9.08. The number of hydrogen-bond donors (Lipinski definition) is 1. The Balaban J connectivity index is 2.29. The molecule has 1 aliphatic rings. The van der Waals surface area contributed by atoms with Gasteiger partial charge in [-0.2, -0.15) is 0 Å². The highest BCUT2D eigenvalue weighted by Gasteiger charge is 2.35. The zero-order chi connectivity index (χ0) is 14.0. The van der Waals surface area contributed by atoms with Crippen LogP contribution in [0.2, 0.25) is 0 Å². The maximum Gasteiger partial charge on any atom is 0.320 e. The predicted molar refractivity (Wildman–Crippen MR) is 67.5 cm³/mol. The molecule has 0 aromatic heterocycles. The molecule has 1 unspecified atom stereocenters. The molecule has 1 fully saturated rings. The topological polar surface area (TPSA) is 53.0 Å². The van der Waals surface area contributed by atoms with E-state index in [1.807, 2.05) is 0 Å². The summed E-state index contributed by atoms with van der Waals surface area (Å²) < 4.78 is 18.6. The Morgan fingerprint density at radius 2 is 2.26 bits per heavy atom. The molecular weight excluding hydrogens is 251 g/mol. The SMILES string of the molecule is COc1ccc(C2CN(C)C(=O)N2CCO)cc1F. The summed E-state index contributed by atoms with van der Waals surface area (Å²) in [5, 5.41) is 9.03. The first-order valence-corrected chi connectivity index (χ1v) is 6.04. The number of hydrogen-bond acceptors (Lipinski definition) is 3. The van der Waals surface area contributed by atoms with E-state index in [4.69, 9.17) is 9.84 Å². The summed E-state index contributed by atoms with van der Waals surface area (Å²) in [7, 11) is 3.09. The van der Waals surface area contributed by atoms with Crippen LogP contribution in [0.1, 0.15) is 11.6 Å². The first kappa shape index (κ1) is 13.6. The van der Waals surface area contributed by atoms with Crippen molar-refractivity contribution >= 4 is 6.03 Å². The quantitative estimate of drug-likeness (QED) is 0.893. The lowest BCUT2D eigenvalue weighted by Gasteiger charge is -2.22. The summed E-state index contributed by atoms with van der Waals surface area (Å²) in [6, 6.07) is 4.26. The minimum absolute atomic E-state index is 0.116. The monoisotopic (exact) mass is 268 g/mol. The summed E-state index contributed by atoms with van der Waals surface area (Å²) in [6.07, 6.45) is 0. The van der Waals surface area contributed by atoms with Gasteiger partial charge in [0, 0.05) is 20.1 Å². The van der Waals surface area contributed by atoms with E-state index in [0.29, 0.717) is 12.1 Å². The molecule has 19 heavy (non-hydrogen) atoms. The number of rotatable bonds is 4. The maximum atomic E-state index is 13.7. The normalized spacial score (nSPS) is 19.2.